The van der Waals surface area contributed by atoms with Crippen LogP contribution in [0, 0.1) is 9.39 Å². The van der Waals surface area contributed by atoms with E-state index >= 15 is 0 Å². The summed E-state index contributed by atoms with van der Waals surface area (Å²) in [7, 11) is 0. The third-order valence-corrected chi connectivity index (χ3v) is 5.84. The van der Waals surface area contributed by atoms with Crippen molar-refractivity contribution in [1.29, 1.82) is 0 Å². The molecule has 1 saturated heterocycles. The predicted octanol–water partition coefficient (Wildman–Crippen LogP) is 4.41. The van der Waals surface area contributed by atoms with Crippen LogP contribution in [0.15, 0.2) is 53.5 Å². The number of amidine groups is 1. The van der Waals surface area contributed by atoms with E-state index in [1.807, 2.05) is 31.2 Å². The van der Waals surface area contributed by atoms with E-state index < -0.39 is 17.0 Å². The molecule has 3 rings (SSSR count). The van der Waals surface area contributed by atoms with Gasteiger partial charge in [-0.15, -0.1) is 0 Å². The lowest BCUT2D eigenvalue weighted by molar-refractivity contribution is -0.129. The fraction of sp³-hybridized carbons (Fsp3) is 0.211. The summed E-state index contributed by atoms with van der Waals surface area (Å²) in [5.74, 6) is -1.10. The molecule has 8 heteroatoms. The van der Waals surface area contributed by atoms with Gasteiger partial charge in [0.15, 0.2) is 5.17 Å². The topological polar surface area (TPSA) is 61.8 Å². The lowest BCUT2D eigenvalue weighted by Crippen LogP contribution is -2.45. The van der Waals surface area contributed by atoms with Crippen LogP contribution in [0.3, 0.4) is 0 Å². The van der Waals surface area contributed by atoms with Crippen LogP contribution in [0.4, 0.5) is 15.8 Å². The first-order valence-corrected chi connectivity index (χ1v) is 10.3. The summed E-state index contributed by atoms with van der Waals surface area (Å²) in [6, 6.07) is 13.5. The van der Waals surface area contributed by atoms with Gasteiger partial charge in [0.05, 0.1) is 11.4 Å². The number of carbonyl (C=O) groups excluding carboxylic acids is 2. The molecule has 0 aliphatic carbocycles. The number of carbonyl (C=O) groups is 2. The van der Waals surface area contributed by atoms with Gasteiger partial charge in [0.1, 0.15) is 11.1 Å². The van der Waals surface area contributed by atoms with Crippen LogP contribution in [-0.4, -0.2) is 33.7 Å². The molecule has 27 heavy (non-hydrogen) atoms. The van der Waals surface area contributed by atoms with Crippen molar-refractivity contribution >= 4 is 62.7 Å². The molecule has 0 radical (unpaired) electrons. The first-order chi connectivity index (χ1) is 13.0. The lowest BCUT2D eigenvalue weighted by Gasteiger charge is -2.30. The standard InChI is InChI=1S/C19H17FIN3O2S/c1-2-24-17(25)11-16(18(26)23-15-6-4-3-5-14(15)20)27-19(24)22-13-9-7-12(21)8-10-13/h3-10,16H,2,11H2,1H3,(H,23,26). The number of para-hydroxylation sites is 1. The molecule has 5 nitrogen and oxygen atoms in total. The Balaban J connectivity index is 1.81. The number of rotatable bonds is 4. The second kappa shape index (κ2) is 8.83. The van der Waals surface area contributed by atoms with Gasteiger partial charge in [-0.05, 0) is 65.9 Å². The second-order valence-corrected chi connectivity index (χ2v) is 8.20. The van der Waals surface area contributed by atoms with E-state index in [0.29, 0.717) is 17.4 Å². The third kappa shape index (κ3) is 4.86. The van der Waals surface area contributed by atoms with E-state index in [1.165, 1.54) is 23.9 Å². The number of hydrogen-bond donors (Lipinski definition) is 1. The fourth-order valence-corrected chi connectivity index (χ4v) is 4.08. The number of nitrogens with one attached hydrogen (secondary N) is 1. The molecule has 1 fully saturated rings. The Labute approximate surface area is 174 Å². The van der Waals surface area contributed by atoms with Crippen LogP contribution < -0.4 is 5.32 Å². The first-order valence-electron chi connectivity index (χ1n) is 8.34. The van der Waals surface area contributed by atoms with E-state index in [2.05, 4.69) is 32.9 Å². The number of amides is 2. The smallest absolute Gasteiger partial charge is 0.238 e. The number of anilines is 1. The van der Waals surface area contributed by atoms with Crippen molar-refractivity contribution in [2.75, 3.05) is 11.9 Å². The van der Waals surface area contributed by atoms with Gasteiger partial charge in [0.25, 0.3) is 0 Å². The molecule has 1 N–H and O–H groups in total. The highest BCUT2D eigenvalue weighted by molar-refractivity contribution is 14.1. The molecular weight excluding hydrogens is 480 g/mol. The Bertz CT molecular complexity index is 889. The van der Waals surface area contributed by atoms with Crippen molar-refractivity contribution in [2.45, 2.75) is 18.6 Å². The van der Waals surface area contributed by atoms with Gasteiger partial charge in [-0.2, -0.15) is 0 Å². The molecule has 0 aromatic heterocycles. The number of aliphatic imine (C=N–C) groups is 1. The molecule has 1 aliphatic rings. The summed E-state index contributed by atoms with van der Waals surface area (Å²) in [4.78, 5) is 31.2. The molecule has 140 valence electrons. The van der Waals surface area contributed by atoms with E-state index in [0.717, 1.165) is 3.57 Å². The SMILES string of the molecule is CCN1C(=O)CC(C(=O)Nc2ccccc2F)SC1=Nc1ccc(I)cc1. The highest BCUT2D eigenvalue weighted by Crippen LogP contribution is 2.30. The third-order valence-electron chi connectivity index (χ3n) is 3.93. The van der Waals surface area contributed by atoms with Gasteiger partial charge in [-0.25, -0.2) is 9.38 Å². The summed E-state index contributed by atoms with van der Waals surface area (Å²) in [5.41, 5.74) is 0.809. The van der Waals surface area contributed by atoms with Gasteiger partial charge in [-0.3, -0.25) is 14.5 Å². The molecule has 1 unspecified atom stereocenters. The Morgan fingerprint density at radius 2 is 2.00 bits per heavy atom. The molecule has 1 heterocycles. The first kappa shape index (κ1) is 19.8. The van der Waals surface area contributed by atoms with Crippen LogP contribution >= 0.6 is 34.4 Å². The number of benzene rings is 2. The number of hydrogen-bond acceptors (Lipinski definition) is 4. The molecule has 2 amide bonds. The highest BCUT2D eigenvalue weighted by Gasteiger charge is 2.35. The zero-order chi connectivity index (χ0) is 19.4. The Hall–Kier alpha value is -1.94. The van der Waals surface area contributed by atoms with E-state index in [-0.39, 0.29) is 18.0 Å². The Morgan fingerprint density at radius 3 is 2.67 bits per heavy atom. The molecule has 0 bridgehead atoms. The van der Waals surface area contributed by atoms with Crippen molar-refractivity contribution < 1.29 is 14.0 Å². The van der Waals surface area contributed by atoms with E-state index in [9.17, 15) is 14.0 Å². The second-order valence-electron chi connectivity index (χ2n) is 5.79. The fourth-order valence-electron chi connectivity index (χ4n) is 2.55. The van der Waals surface area contributed by atoms with Gasteiger partial charge in [0.2, 0.25) is 11.8 Å². The Kier molecular flexibility index (Phi) is 6.48. The molecule has 1 aliphatic heterocycles. The summed E-state index contributed by atoms with van der Waals surface area (Å²) in [5, 5.41) is 2.37. The van der Waals surface area contributed by atoms with E-state index in [1.54, 1.807) is 17.0 Å². The molecule has 2 aromatic carbocycles. The Morgan fingerprint density at radius 1 is 1.30 bits per heavy atom. The highest BCUT2D eigenvalue weighted by atomic mass is 127. The van der Waals surface area contributed by atoms with Gasteiger partial charge in [0, 0.05) is 16.5 Å². The minimum absolute atomic E-state index is 0.0461. The van der Waals surface area contributed by atoms with Crippen molar-refractivity contribution in [1.82, 2.24) is 4.90 Å². The van der Waals surface area contributed by atoms with Crippen molar-refractivity contribution in [3.63, 3.8) is 0 Å². The zero-order valence-corrected chi connectivity index (χ0v) is 17.5. The summed E-state index contributed by atoms with van der Waals surface area (Å²) in [6.45, 7) is 2.33. The van der Waals surface area contributed by atoms with Crippen LogP contribution in [-0.2, 0) is 9.59 Å². The maximum Gasteiger partial charge on any atom is 0.238 e. The molecule has 0 saturated carbocycles. The zero-order valence-electron chi connectivity index (χ0n) is 14.5. The van der Waals surface area contributed by atoms with Crippen LogP contribution in [0.5, 0.6) is 0 Å². The van der Waals surface area contributed by atoms with Gasteiger partial charge < -0.3 is 5.32 Å². The maximum atomic E-state index is 13.8. The predicted molar refractivity (Wildman–Crippen MR) is 115 cm³/mol. The van der Waals surface area contributed by atoms with E-state index in [4.69, 9.17) is 0 Å². The summed E-state index contributed by atoms with van der Waals surface area (Å²) in [6.07, 6.45) is 0.0461. The summed E-state index contributed by atoms with van der Waals surface area (Å²) >= 11 is 3.42. The van der Waals surface area contributed by atoms with Crippen molar-refractivity contribution in [3.8, 4) is 0 Å². The lowest BCUT2D eigenvalue weighted by atomic mass is 10.2. The monoisotopic (exact) mass is 497 g/mol. The largest absolute Gasteiger partial charge is 0.323 e. The molecule has 2 aromatic rings. The van der Waals surface area contributed by atoms with Crippen LogP contribution in [0.1, 0.15) is 13.3 Å². The quantitative estimate of drug-likeness (QED) is 0.637. The van der Waals surface area contributed by atoms with Crippen LogP contribution in [0.2, 0.25) is 0 Å². The number of thioether (sulfide) groups is 1. The minimum atomic E-state index is -0.664. The normalized spacial score (nSPS) is 18.6. The van der Waals surface area contributed by atoms with Gasteiger partial charge >= 0.3 is 0 Å². The molecular formula is C19H17FIN3O2S. The van der Waals surface area contributed by atoms with Crippen molar-refractivity contribution in [2.24, 2.45) is 4.99 Å². The molecule has 0 spiro atoms. The summed E-state index contributed by atoms with van der Waals surface area (Å²) < 4.78 is 14.9. The van der Waals surface area contributed by atoms with Crippen LogP contribution in [0.25, 0.3) is 0 Å². The average Bonchev–Trinajstić information content (AvgIpc) is 2.65. The van der Waals surface area contributed by atoms with Gasteiger partial charge in [-0.1, -0.05) is 23.9 Å². The maximum absolute atomic E-state index is 13.8. The number of halogens is 2. The average molecular weight is 497 g/mol. The molecule has 1 atom stereocenters. The van der Waals surface area contributed by atoms with Crippen molar-refractivity contribution in [3.05, 3.63) is 57.9 Å². The minimum Gasteiger partial charge on any atom is -0.323 e. The number of nitrogens with zero attached hydrogens (tertiary/aromatic N) is 2.